The summed E-state index contributed by atoms with van der Waals surface area (Å²) in [4.78, 5) is 4.62. The van der Waals surface area contributed by atoms with Gasteiger partial charge >= 0.3 is 0 Å². The van der Waals surface area contributed by atoms with Gasteiger partial charge < -0.3 is 10.1 Å². The van der Waals surface area contributed by atoms with Gasteiger partial charge in [0.05, 0.1) is 5.52 Å². The van der Waals surface area contributed by atoms with Crippen molar-refractivity contribution in [1.29, 1.82) is 0 Å². The fourth-order valence-corrected chi connectivity index (χ4v) is 1.96. The van der Waals surface area contributed by atoms with Crippen molar-refractivity contribution in [2.45, 2.75) is 20.3 Å². The molecule has 2 aromatic rings. The highest BCUT2D eigenvalue weighted by Crippen LogP contribution is 2.21. The minimum Gasteiger partial charge on any atom is -0.385 e. The number of nitrogens with one attached hydrogen (secondary N) is 1. The van der Waals surface area contributed by atoms with E-state index in [0.717, 1.165) is 30.9 Å². The van der Waals surface area contributed by atoms with Crippen molar-refractivity contribution < 1.29 is 4.74 Å². The van der Waals surface area contributed by atoms with Crippen LogP contribution in [0.15, 0.2) is 36.4 Å². The summed E-state index contributed by atoms with van der Waals surface area (Å²) < 4.78 is 5.14. The summed E-state index contributed by atoms with van der Waals surface area (Å²) in [5, 5.41) is 4.59. The summed E-state index contributed by atoms with van der Waals surface area (Å²) in [7, 11) is 1.74. The average Bonchev–Trinajstić information content (AvgIpc) is 2.43. The lowest BCUT2D eigenvalue weighted by Crippen LogP contribution is -2.24. The predicted molar refractivity (Wildman–Crippen MR) is 80.5 cm³/mol. The van der Waals surface area contributed by atoms with E-state index in [-0.39, 0.29) is 5.41 Å². The van der Waals surface area contributed by atoms with E-state index >= 15 is 0 Å². The number of fused-ring (bicyclic) bond motifs is 1. The van der Waals surface area contributed by atoms with Crippen LogP contribution in [0, 0.1) is 5.41 Å². The summed E-state index contributed by atoms with van der Waals surface area (Å²) in [6.07, 6.45) is 1.03. The molecule has 0 amide bonds. The summed E-state index contributed by atoms with van der Waals surface area (Å²) in [5.74, 6) is 0.934. The Morgan fingerprint density at radius 2 is 1.95 bits per heavy atom. The molecule has 19 heavy (non-hydrogen) atoms. The Balaban J connectivity index is 2.01. The highest BCUT2D eigenvalue weighted by Gasteiger charge is 2.17. The average molecular weight is 258 g/mol. The number of para-hydroxylation sites is 1. The molecule has 0 saturated carbocycles. The van der Waals surface area contributed by atoms with E-state index < -0.39 is 0 Å². The quantitative estimate of drug-likeness (QED) is 0.857. The van der Waals surface area contributed by atoms with E-state index in [0.29, 0.717) is 0 Å². The predicted octanol–water partition coefficient (Wildman–Crippen LogP) is 3.71. The number of benzene rings is 1. The third-order valence-corrected chi connectivity index (χ3v) is 3.33. The second kappa shape index (κ2) is 6.02. The first-order valence-corrected chi connectivity index (χ1v) is 6.69. The molecular weight excluding hydrogens is 236 g/mol. The molecule has 0 aliphatic rings. The standard InChI is InChI=1S/C16H22N2O/c1-16(2,10-11-19-3)12-17-15-9-8-13-6-4-5-7-14(13)18-15/h4-9H,10-12H2,1-3H3,(H,17,18). The number of pyridine rings is 1. The number of hydrogen-bond donors (Lipinski definition) is 1. The van der Waals surface area contributed by atoms with Gasteiger partial charge in [-0.1, -0.05) is 32.0 Å². The maximum Gasteiger partial charge on any atom is 0.126 e. The maximum atomic E-state index is 5.14. The van der Waals surface area contributed by atoms with Crippen LogP contribution < -0.4 is 5.32 Å². The van der Waals surface area contributed by atoms with Gasteiger partial charge in [0.25, 0.3) is 0 Å². The van der Waals surface area contributed by atoms with Crippen LogP contribution in [0.4, 0.5) is 5.82 Å². The van der Waals surface area contributed by atoms with Crippen molar-refractivity contribution in [2.24, 2.45) is 5.41 Å². The molecule has 0 aliphatic heterocycles. The van der Waals surface area contributed by atoms with Gasteiger partial charge in [-0.2, -0.15) is 0 Å². The fourth-order valence-electron chi connectivity index (χ4n) is 1.96. The van der Waals surface area contributed by atoms with Gasteiger partial charge in [0.1, 0.15) is 5.82 Å². The number of methoxy groups -OCH3 is 1. The molecule has 2 rings (SSSR count). The summed E-state index contributed by atoms with van der Waals surface area (Å²) in [6.45, 7) is 6.15. The third kappa shape index (κ3) is 3.93. The van der Waals surface area contributed by atoms with E-state index in [9.17, 15) is 0 Å². The van der Waals surface area contributed by atoms with Gasteiger partial charge in [-0.3, -0.25) is 0 Å². The van der Waals surface area contributed by atoms with E-state index in [1.807, 2.05) is 24.3 Å². The number of rotatable bonds is 6. The Morgan fingerprint density at radius 1 is 1.16 bits per heavy atom. The van der Waals surface area contributed by atoms with Gasteiger partial charge in [-0.15, -0.1) is 0 Å². The summed E-state index contributed by atoms with van der Waals surface area (Å²) in [5.41, 5.74) is 1.23. The minimum absolute atomic E-state index is 0.198. The van der Waals surface area contributed by atoms with Crippen LogP contribution in [0.5, 0.6) is 0 Å². The molecule has 0 atom stereocenters. The smallest absolute Gasteiger partial charge is 0.126 e. The van der Waals surface area contributed by atoms with Gasteiger partial charge in [0, 0.05) is 25.6 Å². The van der Waals surface area contributed by atoms with E-state index in [4.69, 9.17) is 4.74 Å². The summed E-state index contributed by atoms with van der Waals surface area (Å²) in [6, 6.07) is 12.3. The van der Waals surface area contributed by atoms with E-state index in [1.165, 1.54) is 5.39 Å². The third-order valence-electron chi connectivity index (χ3n) is 3.33. The lowest BCUT2D eigenvalue weighted by molar-refractivity contribution is 0.157. The lowest BCUT2D eigenvalue weighted by atomic mass is 9.90. The van der Waals surface area contributed by atoms with Crippen molar-refractivity contribution in [2.75, 3.05) is 25.6 Å². The van der Waals surface area contributed by atoms with E-state index in [2.05, 4.69) is 36.3 Å². The molecule has 1 aromatic heterocycles. The number of nitrogens with zero attached hydrogens (tertiary/aromatic N) is 1. The Kier molecular flexibility index (Phi) is 4.38. The van der Waals surface area contributed by atoms with Crippen molar-refractivity contribution in [1.82, 2.24) is 4.98 Å². The molecule has 102 valence electrons. The van der Waals surface area contributed by atoms with Crippen molar-refractivity contribution in [3.63, 3.8) is 0 Å². The second-order valence-corrected chi connectivity index (χ2v) is 5.65. The highest BCUT2D eigenvalue weighted by atomic mass is 16.5. The molecule has 0 saturated heterocycles. The first-order valence-electron chi connectivity index (χ1n) is 6.69. The van der Waals surface area contributed by atoms with Crippen LogP contribution in [0.25, 0.3) is 10.9 Å². The molecule has 0 bridgehead atoms. The molecule has 0 fully saturated rings. The Morgan fingerprint density at radius 3 is 2.74 bits per heavy atom. The largest absolute Gasteiger partial charge is 0.385 e. The summed E-state index contributed by atoms with van der Waals surface area (Å²) >= 11 is 0. The zero-order chi connectivity index (χ0) is 13.7. The normalized spacial score (nSPS) is 11.7. The van der Waals surface area contributed by atoms with Gasteiger partial charge in [0.2, 0.25) is 0 Å². The molecule has 3 heteroatoms. The SMILES string of the molecule is COCCC(C)(C)CNc1ccc2ccccc2n1. The first-order chi connectivity index (χ1) is 9.11. The molecule has 0 unspecified atom stereocenters. The molecule has 0 spiro atoms. The lowest BCUT2D eigenvalue weighted by Gasteiger charge is -2.24. The van der Waals surface area contributed by atoms with Gasteiger partial charge in [-0.25, -0.2) is 4.98 Å². The molecule has 1 aromatic carbocycles. The zero-order valence-corrected chi connectivity index (χ0v) is 11.9. The monoisotopic (exact) mass is 258 g/mol. The Labute approximate surface area is 115 Å². The molecule has 1 N–H and O–H groups in total. The van der Waals surface area contributed by atoms with Crippen LogP contribution >= 0.6 is 0 Å². The van der Waals surface area contributed by atoms with Crippen LogP contribution in [-0.4, -0.2) is 25.2 Å². The van der Waals surface area contributed by atoms with E-state index in [1.54, 1.807) is 7.11 Å². The Hall–Kier alpha value is -1.61. The molecule has 1 heterocycles. The second-order valence-electron chi connectivity index (χ2n) is 5.65. The highest BCUT2D eigenvalue weighted by molar-refractivity contribution is 5.80. The van der Waals surface area contributed by atoms with Crippen LogP contribution in [0.2, 0.25) is 0 Å². The van der Waals surface area contributed by atoms with Gasteiger partial charge in [-0.05, 0) is 30.0 Å². The van der Waals surface area contributed by atoms with Crippen molar-refractivity contribution >= 4 is 16.7 Å². The molecule has 0 aliphatic carbocycles. The number of hydrogen-bond acceptors (Lipinski definition) is 3. The van der Waals surface area contributed by atoms with Crippen molar-refractivity contribution in [3.05, 3.63) is 36.4 Å². The van der Waals surface area contributed by atoms with Crippen LogP contribution in [0.3, 0.4) is 0 Å². The number of aromatic nitrogens is 1. The number of ether oxygens (including phenoxy) is 1. The number of anilines is 1. The molecule has 0 radical (unpaired) electrons. The van der Waals surface area contributed by atoms with Crippen molar-refractivity contribution in [3.8, 4) is 0 Å². The fraction of sp³-hybridized carbons (Fsp3) is 0.438. The topological polar surface area (TPSA) is 34.1 Å². The van der Waals surface area contributed by atoms with Crippen LogP contribution in [-0.2, 0) is 4.74 Å². The zero-order valence-electron chi connectivity index (χ0n) is 11.9. The maximum absolute atomic E-state index is 5.14. The first kappa shape index (κ1) is 13.8. The Bertz CT molecular complexity index is 537. The van der Waals surface area contributed by atoms with Crippen LogP contribution in [0.1, 0.15) is 20.3 Å². The minimum atomic E-state index is 0.198. The van der Waals surface area contributed by atoms with Gasteiger partial charge in [0.15, 0.2) is 0 Å². The molecular formula is C16H22N2O. The molecule has 3 nitrogen and oxygen atoms in total.